The maximum Gasteiger partial charge on any atom is 0.231 e. The van der Waals surface area contributed by atoms with Gasteiger partial charge in [-0.2, -0.15) is 0 Å². The van der Waals surface area contributed by atoms with Crippen molar-refractivity contribution in [1.29, 1.82) is 5.41 Å². The molecule has 1 saturated heterocycles. The van der Waals surface area contributed by atoms with E-state index in [9.17, 15) is 4.79 Å². The van der Waals surface area contributed by atoms with Gasteiger partial charge in [0.15, 0.2) is 5.96 Å². The second-order valence-electron chi connectivity index (χ2n) is 5.24. The number of aromatic nitrogens is 1. The summed E-state index contributed by atoms with van der Waals surface area (Å²) < 4.78 is 0. The summed E-state index contributed by atoms with van der Waals surface area (Å²) in [7, 11) is 1.60. The molecule has 2 heterocycles. The predicted octanol–water partition coefficient (Wildman–Crippen LogP) is 1.61. The van der Waals surface area contributed by atoms with Gasteiger partial charge in [-0.25, -0.2) is 0 Å². The van der Waals surface area contributed by atoms with Gasteiger partial charge in [0.1, 0.15) is 0 Å². The molecule has 1 aliphatic heterocycles. The molecule has 1 aromatic rings. The standard InChI is InChI=1S/C16H18N4O/c1-4-5-12-8-13(11-18-10-12)6-7-16(2)9-14(21)20(3)15(17)19-16/h6-8,10-11H,9H2,1-3H3,(H2,17,19)/b7-6+/t16-/m1/s1. The molecule has 108 valence electrons. The largest absolute Gasteiger partial charge is 0.347 e. The number of pyridine rings is 1. The van der Waals surface area contributed by atoms with Crippen molar-refractivity contribution in [3.05, 3.63) is 35.7 Å². The van der Waals surface area contributed by atoms with Crippen LogP contribution in [0.3, 0.4) is 0 Å². The zero-order valence-corrected chi connectivity index (χ0v) is 12.4. The van der Waals surface area contributed by atoms with E-state index in [1.165, 1.54) is 4.90 Å². The topological polar surface area (TPSA) is 69.1 Å². The summed E-state index contributed by atoms with van der Waals surface area (Å²) in [4.78, 5) is 17.3. The number of nitrogens with one attached hydrogen (secondary N) is 2. The van der Waals surface area contributed by atoms with Crippen molar-refractivity contribution in [2.45, 2.75) is 25.8 Å². The van der Waals surface area contributed by atoms with E-state index < -0.39 is 5.54 Å². The number of guanidine groups is 1. The van der Waals surface area contributed by atoms with Gasteiger partial charge < -0.3 is 5.32 Å². The van der Waals surface area contributed by atoms with Gasteiger partial charge in [-0.3, -0.25) is 20.1 Å². The van der Waals surface area contributed by atoms with Gasteiger partial charge >= 0.3 is 0 Å². The van der Waals surface area contributed by atoms with Gasteiger partial charge in [0.25, 0.3) is 0 Å². The minimum atomic E-state index is -0.562. The summed E-state index contributed by atoms with van der Waals surface area (Å²) in [5, 5.41) is 10.8. The van der Waals surface area contributed by atoms with E-state index in [4.69, 9.17) is 5.41 Å². The fourth-order valence-corrected chi connectivity index (χ4v) is 2.10. The lowest BCUT2D eigenvalue weighted by Crippen LogP contribution is -2.58. The Kier molecular flexibility index (Phi) is 4.08. The van der Waals surface area contributed by atoms with Crippen molar-refractivity contribution in [3.63, 3.8) is 0 Å². The van der Waals surface area contributed by atoms with Gasteiger partial charge in [0.2, 0.25) is 5.91 Å². The van der Waals surface area contributed by atoms with E-state index in [-0.39, 0.29) is 11.9 Å². The second kappa shape index (κ2) is 5.80. The van der Waals surface area contributed by atoms with Crippen LogP contribution < -0.4 is 5.32 Å². The van der Waals surface area contributed by atoms with Crippen molar-refractivity contribution in [1.82, 2.24) is 15.2 Å². The predicted molar refractivity (Wildman–Crippen MR) is 82.5 cm³/mol. The average molecular weight is 282 g/mol. The van der Waals surface area contributed by atoms with Gasteiger partial charge in [-0.1, -0.05) is 18.1 Å². The number of nitrogens with zero attached hydrogens (tertiary/aromatic N) is 2. The molecule has 1 fully saturated rings. The molecule has 2 N–H and O–H groups in total. The molecule has 0 spiro atoms. The Balaban J connectivity index is 2.19. The third kappa shape index (κ3) is 3.48. The molecule has 1 aromatic heterocycles. The highest BCUT2D eigenvalue weighted by molar-refractivity contribution is 5.99. The first-order chi connectivity index (χ1) is 9.93. The highest BCUT2D eigenvalue weighted by Crippen LogP contribution is 2.19. The van der Waals surface area contributed by atoms with Crippen LogP contribution in [0.1, 0.15) is 31.4 Å². The first kappa shape index (κ1) is 14.8. The van der Waals surface area contributed by atoms with Crippen LogP contribution in [0.5, 0.6) is 0 Å². The zero-order valence-electron chi connectivity index (χ0n) is 12.4. The molecular weight excluding hydrogens is 264 g/mol. The van der Waals surface area contributed by atoms with E-state index in [1.807, 2.05) is 25.1 Å². The van der Waals surface area contributed by atoms with Crippen LogP contribution in [0.15, 0.2) is 24.5 Å². The van der Waals surface area contributed by atoms with Gasteiger partial charge in [-0.05, 0) is 25.5 Å². The average Bonchev–Trinajstić information content (AvgIpc) is 2.44. The number of amides is 1. The lowest BCUT2D eigenvalue weighted by atomic mass is 9.93. The maximum atomic E-state index is 11.9. The highest BCUT2D eigenvalue weighted by atomic mass is 16.2. The Labute approximate surface area is 124 Å². The highest BCUT2D eigenvalue weighted by Gasteiger charge is 2.34. The summed E-state index contributed by atoms with van der Waals surface area (Å²) in [6.07, 6.45) is 7.55. The third-order valence-electron chi connectivity index (χ3n) is 3.30. The SMILES string of the molecule is CC#Cc1cncc(/C=C/[C@]2(C)CC(=O)N(C)C(=N)N2)c1. The number of carbonyl (C=O) groups is 1. The summed E-state index contributed by atoms with van der Waals surface area (Å²) in [6, 6.07) is 1.94. The van der Waals surface area contributed by atoms with Crippen LogP contribution in [0, 0.1) is 17.3 Å². The van der Waals surface area contributed by atoms with Crippen molar-refractivity contribution in [2.24, 2.45) is 0 Å². The normalized spacial score (nSPS) is 22.0. The fraction of sp³-hybridized carbons (Fsp3) is 0.312. The number of hydrogen-bond acceptors (Lipinski definition) is 3. The molecule has 0 aromatic carbocycles. The molecule has 0 bridgehead atoms. The molecule has 0 unspecified atom stereocenters. The molecule has 1 aliphatic rings. The Morgan fingerprint density at radius 3 is 2.95 bits per heavy atom. The van der Waals surface area contributed by atoms with Gasteiger partial charge in [0, 0.05) is 25.0 Å². The van der Waals surface area contributed by atoms with Crippen molar-refractivity contribution in [3.8, 4) is 11.8 Å². The van der Waals surface area contributed by atoms with Gasteiger partial charge in [0.05, 0.1) is 12.0 Å². The van der Waals surface area contributed by atoms with Crippen LogP contribution in [0.2, 0.25) is 0 Å². The summed E-state index contributed by atoms with van der Waals surface area (Å²) in [5.41, 5.74) is 1.20. The lowest BCUT2D eigenvalue weighted by Gasteiger charge is -2.37. The molecule has 0 aliphatic carbocycles. The van der Waals surface area contributed by atoms with Crippen LogP contribution in [0.4, 0.5) is 0 Å². The summed E-state index contributed by atoms with van der Waals surface area (Å²) in [6.45, 7) is 3.68. The fourth-order valence-electron chi connectivity index (χ4n) is 2.10. The summed E-state index contributed by atoms with van der Waals surface area (Å²) >= 11 is 0. The molecule has 21 heavy (non-hydrogen) atoms. The number of hydrogen-bond donors (Lipinski definition) is 2. The van der Waals surface area contributed by atoms with Crippen LogP contribution in [-0.2, 0) is 4.79 Å². The third-order valence-corrected chi connectivity index (χ3v) is 3.30. The number of carbonyl (C=O) groups excluding carboxylic acids is 1. The van der Waals surface area contributed by atoms with Crippen LogP contribution >= 0.6 is 0 Å². The van der Waals surface area contributed by atoms with Crippen molar-refractivity contribution >= 4 is 17.9 Å². The zero-order chi connectivity index (χ0) is 15.5. The van der Waals surface area contributed by atoms with E-state index >= 15 is 0 Å². The van der Waals surface area contributed by atoms with E-state index in [0.29, 0.717) is 6.42 Å². The smallest absolute Gasteiger partial charge is 0.231 e. The van der Waals surface area contributed by atoms with E-state index in [1.54, 1.807) is 26.4 Å². The molecule has 5 heteroatoms. The molecule has 1 amide bonds. The quantitative estimate of drug-likeness (QED) is 0.810. The molecule has 0 radical (unpaired) electrons. The van der Waals surface area contributed by atoms with E-state index in [0.717, 1.165) is 11.1 Å². The molecule has 2 rings (SSSR count). The van der Waals surface area contributed by atoms with Crippen LogP contribution in [0.25, 0.3) is 6.08 Å². The number of rotatable bonds is 2. The van der Waals surface area contributed by atoms with Crippen molar-refractivity contribution < 1.29 is 4.79 Å². The Morgan fingerprint density at radius 1 is 1.52 bits per heavy atom. The minimum Gasteiger partial charge on any atom is -0.347 e. The lowest BCUT2D eigenvalue weighted by molar-refractivity contribution is -0.128. The van der Waals surface area contributed by atoms with Gasteiger partial charge in [-0.15, -0.1) is 5.92 Å². The second-order valence-corrected chi connectivity index (χ2v) is 5.24. The summed E-state index contributed by atoms with van der Waals surface area (Å²) in [5.74, 6) is 5.83. The molecule has 0 saturated carbocycles. The molecular formula is C16H18N4O. The van der Waals surface area contributed by atoms with Crippen LogP contribution in [-0.4, -0.2) is 34.3 Å². The first-order valence-corrected chi connectivity index (χ1v) is 6.64. The van der Waals surface area contributed by atoms with Crippen molar-refractivity contribution in [2.75, 3.05) is 7.05 Å². The Bertz CT molecular complexity index is 648. The first-order valence-electron chi connectivity index (χ1n) is 6.64. The Hall–Kier alpha value is -2.61. The molecule has 5 nitrogen and oxygen atoms in total. The maximum absolute atomic E-state index is 11.9. The monoisotopic (exact) mass is 282 g/mol. The minimum absolute atomic E-state index is 0.0744. The Morgan fingerprint density at radius 2 is 2.29 bits per heavy atom. The van der Waals surface area contributed by atoms with E-state index in [2.05, 4.69) is 22.1 Å². The molecule has 1 atom stereocenters.